The van der Waals surface area contributed by atoms with Crippen molar-refractivity contribution in [2.24, 2.45) is 5.92 Å². The summed E-state index contributed by atoms with van der Waals surface area (Å²) in [7, 11) is 0. The second kappa shape index (κ2) is 10.1. The van der Waals surface area contributed by atoms with Crippen molar-refractivity contribution in [2.75, 3.05) is 23.3 Å². The fraction of sp³-hybridized carbons (Fsp3) is 0.200. The Balaban J connectivity index is 1.07. The molecule has 3 heterocycles. The summed E-state index contributed by atoms with van der Waals surface area (Å²) in [6, 6.07) is 26.5. The molecule has 0 bridgehead atoms. The van der Waals surface area contributed by atoms with Gasteiger partial charge in [0.25, 0.3) is 0 Å². The summed E-state index contributed by atoms with van der Waals surface area (Å²) in [5.41, 5.74) is 6.12. The molecule has 0 unspecified atom stereocenters. The van der Waals surface area contributed by atoms with Gasteiger partial charge in [-0.2, -0.15) is 0 Å². The lowest BCUT2D eigenvalue weighted by atomic mass is 9.95. The molecule has 7 heteroatoms. The monoisotopic (exact) mass is 505 g/mol. The lowest BCUT2D eigenvalue weighted by Gasteiger charge is -2.32. The highest BCUT2D eigenvalue weighted by Gasteiger charge is 2.26. The van der Waals surface area contributed by atoms with Crippen LogP contribution in [0.2, 0.25) is 0 Å². The first-order valence-electron chi connectivity index (χ1n) is 12.5. The third-order valence-electron chi connectivity index (χ3n) is 6.86. The molecule has 0 spiro atoms. The Labute approximate surface area is 220 Å². The van der Waals surface area contributed by atoms with Gasteiger partial charge in [-0.1, -0.05) is 36.4 Å². The maximum absolute atomic E-state index is 13.0. The molecule has 1 amide bonds. The number of carbonyl (C=O) groups excluding carboxylic acids is 1. The molecule has 1 fully saturated rings. The standard InChI is InChI=1S/C30H27N5OS/c1-20-7-12-25-27(17-20)37-30(34-25)23-8-10-24(11-9-23)33-29(36)22-13-15-35(16-14-22)28-18-26(31-19-32-28)21-5-3-2-4-6-21/h2-12,17-19,22H,13-16H2,1H3,(H,33,36). The van der Waals surface area contributed by atoms with Crippen LogP contribution in [0.5, 0.6) is 0 Å². The first kappa shape index (κ1) is 23.3. The van der Waals surface area contributed by atoms with Crippen molar-refractivity contribution in [3.8, 4) is 21.8 Å². The van der Waals surface area contributed by atoms with E-state index in [2.05, 4.69) is 57.4 Å². The summed E-state index contributed by atoms with van der Waals surface area (Å²) in [5.74, 6) is 0.975. The molecule has 5 aromatic rings. The summed E-state index contributed by atoms with van der Waals surface area (Å²) >= 11 is 1.69. The van der Waals surface area contributed by atoms with Crippen LogP contribution in [0.15, 0.2) is 85.2 Å². The quantitative estimate of drug-likeness (QED) is 0.292. The number of rotatable bonds is 5. The molecule has 1 N–H and O–H groups in total. The first-order chi connectivity index (χ1) is 18.1. The number of anilines is 2. The van der Waals surface area contributed by atoms with Crippen molar-refractivity contribution < 1.29 is 4.79 Å². The number of thiazole rings is 1. The fourth-order valence-corrected chi connectivity index (χ4v) is 5.82. The third kappa shape index (κ3) is 5.08. The van der Waals surface area contributed by atoms with Gasteiger partial charge >= 0.3 is 0 Å². The molecule has 0 atom stereocenters. The van der Waals surface area contributed by atoms with Gasteiger partial charge < -0.3 is 10.2 Å². The zero-order chi connectivity index (χ0) is 25.2. The van der Waals surface area contributed by atoms with Crippen molar-refractivity contribution in [2.45, 2.75) is 19.8 Å². The van der Waals surface area contributed by atoms with Gasteiger partial charge in [-0.05, 0) is 61.7 Å². The average molecular weight is 506 g/mol. The molecule has 0 aliphatic carbocycles. The normalized spacial score (nSPS) is 14.1. The summed E-state index contributed by atoms with van der Waals surface area (Å²) in [6.07, 6.45) is 3.20. The Hall–Kier alpha value is -4.10. The predicted molar refractivity (Wildman–Crippen MR) is 151 cm³/mol. The Kier molecular flexibility index (Phi) is 6.37. The van der Waals surface area contributed by atoms with Gasteiger partial charge in [-0.15, -0.1) is 11.3 Å². The van der Waals surface area contributed by atoms with Gasteiger partial charge in [0.1, 0.15) is 17.2 Å². The van der Waals surface area contributed by atoms with E-state index in [1.807, 2.05) is 48.5 Å². The molecule has 0 radical (unpaired) electrons. The largest absolute Gasteiger partial charge is 0.356 e. The minimum atomic E-state index is -0.0149. The van der Waals surface area contributed by atoms with E-state index in [1.165, 1.54) is 10.3 Å². The zero-order valence-electron chi connectivity index (χ0n) is 20.6. The molecule has 2 aromatic heterocycles. The number of nitrogens with zero attached hydrogens (tertiary/aromatic N) is 4. The number of fused-ring (bicyclic) bond motifs is 1. The number of hydrogen-bond donors (Lipinski definition) is 1. The topological polar surface area (TPSA) is 71.0 Å². The number of carbonyl (C=O) groups is 1. The Morgan fingerprint density at radius 3 is 2.49 bits per heavy atom. The van der Waals surface area contributed by atoms with Gasteiger partial charge in [0.2, 0.25) is 5.91 Å². The number of amides is 1. The van der Waals surface area contributed by atoms with E-state index in [0.29, 0.717) is 0 Å². The number of nitrogens with one attached hydrogen (secondary N) is 1. The number of piperidine rings is 1. The van der Waals surface area contributed by atoms with Crippen LogP contribution in [0.25, 0.3) is 32.0 Å². The Bertz CT molecular complexity index is 1540. The molecule has 6 nitrogen and oxygen atoms in total. The second-order valence-corrected chi connectivity index (χ2v) is 10.5. The summed E-state index contributed by atoms with van der Waals surface area (Å²) in [5, 5.41) is 4.10. The molecule has 37 heavy (non-hydrogen) atoms. The zero-order valence-corrected chi connectivity index (χ0v) is 21.4. The van der Waals surface area contributed by atoms with Gasteiger partial charge in [-0.25, -0.2) is 15.0 Å². The maximum Gasteiger partial charge on any atom is 0.227 e. The number of benzene rings is 3. The molecular weight excluding hydrogens is 478 g/mol. The third-order valence-corrected chi connectivity index (χ3v) is 7.92. The molecule has 1 saturated heterocycles. The molecule has 184 valence electrons. The van der Waals surface area contributed by atoms with Gasteiger partial charge in [-0.3, -0.25) is 4.79 Å². The molecule has 6 rings (SSSR count). The van der Waals surface area contributed by atoms with E-state index in [9.17, 15) is 4.79 Å². The minimum Gasteiger partial charge on any atom is -0.356 e. The van der Waals surface area contributed by atoms with Gasteiger partial charge in [0.15, 0.2) is 0 Å². The smallest absolute Gasteiger partial charge is 0.227 e. The summed E-state index contributed by atoms with van der Waals surface area (Å²) in [4.78, 5) is 28.9. The van der Waals surface area contributed by atoms with E-state index < -0.39 is 0 Å². The van der Waals surface area contributed by atoms with Crippen molar-refractivity contribution in [1.82, 2.24) is 15.0 Å². The van der Waals surface area contributed by atoms with Gasteiger partial charge in [0.05, 0.1) is 15.9 Å². The second-order valence-electron chi connectivity index (χ2n) is 9.45. The highest BCUT2D eigenvalue weighted by atomic mass is 32.1. The van der Waals surface area contributed by atoms with Crippen molar-refractivity contribution in [3.05, 3.63) is 90.8 Å². The Morgan fingerprint density at radius 2 is 1.70 bits per heavy atom. The molecule has 0 saturated carbocycles. The number of aromatic nitrogens is 3. The van der Waals surface area contributed by atoms with Crippen molar-refractivity contribution in [3.63, 3.8) is 0 Å². The number of hydrogen-bond acceptors (Lipinski definition) is 6. The van der Waals surface area contributed by atoms with Crippen molar-refractivity contribution in [1.29, 1.82) is 0 Å². The average Bonchev–Trinajstić information content (AvgIpc) is 3.37. The van der Waals surface area contributed by atoms with Crippen LogP contribution in [0.3, 0.4) is 0 Å². The van der Waals surface area contributed by atoms with Crippen LogP contribution >= 0.6 is 11.3 Å². The molecule has 1 aliphatic rings. The van der Waals surface area contributed by atoms with E-state index in [0.717, 1.165) is 64.8 Å². The summed E-state index contributed by atoms with van der Waals surface area (Å²) < 4.78 is 1.19. The number of aryl methyl sites for hydroxylation is 1. The van der Waals surface area contributed by atoms with E-state index >= 15 is 0 Å². The highest BCUT2D eigenvalue weighted by molar-refractivity contribution is 7.21. The highest BCUT2D eigenvalue weighted by Crippen LogP contribution is 2.32. The Morgan fingerprint density at radius 1 is 0.919 bits per heavy atom. The van der Waals surface area contributed by atoms with Crippen LogP contribution < -0.4 is 10.2 Å². The van der Waals surface area contributed by atoms with Crippen LogP contribution in [-0.4, -0.2) is 33.9 Å². The maximum atomic E-state index is 13.0. The molecule has 3 aromatic carbocycles. The SMILES string of the molecule is Cc1ccc2nc(-c3ccc(NC(=O)C4CCN(c5cc(-c6ccccc6)ncn5)CC4)cc3)sc2c1. The molecular formula is C30H27N5OS. The van der Waals surface area contributed by atoms with E-state index in [-0.39, 0.29) is 11.8 Å². The van der Waals surface area contributed by atoms with Crippen molar-refractivity contribution >= 4 is 39.0 Å². The lowest BCUT2D eigenvalue weighted by Crippen LogP contribution is -2.38. The van der Waals surface area contributed by atoms with Crippen LogP contribution in [0.1, 0.15) is 18.4 Å². The molecule has 1 aliphatic heterocycles. The van der Waals surface area contributed by atoms with E-state index in [4.69, 9.17) is 4.98 Å². The van der Waals surface area contributed by atoms with Crippen LogP contribution in [0.4, 0.5) is 11.5 Å². The lowest BCUT2D eigenvalue weighted by molar-refractivity contribution is -0.120. The van der Waals surface area contributed by atoms with Crippen LogP contribution in [-0.2, 0) is 4.79 Å². The van der Waals surface area contributed by atoms with Crippen LogP contribution in [0, 0.1) is 12.8 Å². The first-order valence-corrected chi connectivity index (χ1v) is 13.3. The minimum absolute atomic E-state index is 0.0149. The fourth-order valence-electron chi connectivity index (χ4n) is 4.75. The van der Waals surface area contributed by atoms with E-state index in [1.54, 1.807) is 17.7 Å². The van der Waals surface area contributed by atoms with Gasteiger partial charge in [0, 0.05) is 41.9 Å². The predicted octanol–water partition coefficient (Wildman–Crippen LogP) is 6.58. The summed E-state index contributed by atoms with van der Waals surface area (Å²) in [6.45, 7) is 3.68.